The van der Waals surface area contributed by atoms with Crippen molar-refractivity contribution in [3.63, 3.8) is 0 Å². The van der Waals surface area contributed by atoms with Gasteiger partial charge in [0.1, 0.15) is 0 Å². The predicted molar refractivity (Wildman–Crippen MR) is 110 cm³/mol. The van der Waals surface area contributed by atoms with Gasteiger partial charge in [0.25, 0.3) is 5.16 Å². The van der Waals surface area contributed by atoms with Gasteiger partial charge in [-0.1, -0.05) is 30.3 Å². The molecule has 0 aliphatic rings. The monoisotopic (exact) mass is 437 g/mol. The Morgan fingerprint density at radius 3 is 2.63 bits per heavy atom. The van der Waals surface area contributed by atoms with E-state index in [1.165, 1.54) is 0 Å². The van der Waals surface area contributed by atoms with E-state index in [0.29, 0.717) is 12.0 Å². The highest BCUT2D eigenvalue weighted by molar-refractivity contribution is 7.90. The number of nitrogens with two attached hydrogens (primary N) is 1. The summed E-state index contributed by atoms with van der Waals surface area (Å²) in [6, 6.07) is 7.22. The van der Waals surface area contributed by atoms with Crippen LogP contribution in [0.4, 0.5) is 17.3 Å². The van der Waals surface area contributed by atoms with Crippen LogP contribution in [0.5, 0.6) is 0 Å². The Morgan fingerprint density at radius 1 is 1.40 bits per heavy atom. The standard InChI is InChI=1S/C18H23N5O6S/c1-4-7-12-8-6-9-13(10-12)11-22(18(24)29-5-2)16-14(23(25)26)15(19)20-17(21-16)30(3,27)28/h4,6,8-10,18,24H,1,5,7,11H2,2-3H3,(H2,19,20,21). The van der Waals surface area contributed by atoms with E-state index in [0.717, 1.165) is 16.7 Å². The van der Waals surface area contributed by atoms with E-state index in [1.54, 1.807) is 25.1 Å². The normalized spacial score (nSPS) is 12.4. The molecule has 2 aromatic rings. The fraction of sp³-hybridized carbons (Fsp3) is 0.333. The predicted octanol–water partition coefficient (Wildman–Crippen LogP) is 1.42. The fourth-order valence-corrected chi connectivity index (χ4v) is 3.21. The number of hydrogen-bond acceptors (Lipinski definition) is 10. The van der Waals surface area contributed by atoms with Gasteiger partial charge < -0.3 is 15.6 Å². The van der Waals surface area contributed by atoms with Gasteiger partial charge in [-0.05, 0) is 24.5 Å². The van der Waals surface area contributed by atoms with Gasteiger partial charge in [0.2, 0.25) is 27.9 Å². The first kappa shape index (κ1) is 23.2. The van der Waals surface area contributed by atoms with Gasteiger partial charge in [-0.25, -0.2) is 8.42 Å². The molecule has 30 heavy (non-hydrogen) atoms. The van der Waals surface area contributed by atoms with Crippen molar-refractivity contribution in [2.45, 2.75) is 31.5 Å². The number of allylic oxidation sites excluding steroid dienone is 1. The van der Waals surface area contributed by atoms with Crippen molar-refractivity contribution >= 4 is 27.2 Å². The molecule has 12 heteroatoms. The lowest BCUT2D eigenvalue weighted by atomic mass is 10.1. The van der Waals surface area contributed by atoms with Crippen LogP contribution in [0.25, 0.3) is 0 Å². The molecule has 0 aliphatic carbocycles. The summed E-state index contributed by atoms with van der Waals surface area (Å²) in [6.45, 7) is 5.32. The number of hydrogen-bond donors (Lipinski definition) is 2. The summed E-state index contributed by atoms with van der Waals surface area (Å²) in [6.07, 6.45) is 1.51. The molecule has 0 radical (unpaired) electrons. The maximum absolute atomic E-state index is 11.9. The van der Waals surface area contributed by atoms with Crippen molar-refractivity contribution in [1.82, 2.24) is 9.97 Å². The molecule has 0 fully saturated rings. The second-order valence-electron chi connectivity index (χ2n) is 6.32. The maximum atomic E-state index is 11.9. The number of ether oxygens (including phenoxy) is 1. The first-order valence-corrected chi connectivity index (χ1v) is 10.7. The molecule has 1 aromatic heterocycles. The number of aromatic nitrogens is 2. The molecule has 0 aliphatic heterocycles. The number of sulfone groups is 1. The zero-order chi connectivity index (χ0) is 22.5. The molecule has 1 heterocycles. The Balaban J connectivity index is 2.66. The van der Waals surface area contributed by atoms with Crippen LogP contribution in [0.1, 0.15) is 18.1 Å². The number of aliphatic hydroxyl groups excluding tert-OH is 1. The van der Waals surface area contributed by atoms with Crippen LogP contribution in [0.2, 0.25) is 0 Å². The summed E-state index contributed by atoms with van der Waals surface area (Å²) in [7, 11) is -3.93. The van der Waals surface area contributed by atoms with E-state index in [2.05, 4.69) is 16.5 Å². The van der Waals surface area contributed by atoms with Gasteiger partial charge in [-0.3, -0.25) is 15.0 Å². The first-order valence-electron chi connectivity index (χ1n) is 8.85. The minimum Gasteiger partial charge on any atom is -0.378 e. The van der Waals surface area contributed by atoms with Gasteiger partial charge in [-0.15, -0.1) is 6.58 Å². The van der Waals surface area contributed by atoms with Crippen molar-refractivity contribution in [1.29, 1.82) is 0 Å². The molecule has 0 saturated heterocycles. The van der Waals surface area contributed by atoms with Crippen LogP contribution in [0.3, 0.4) is 0 Å². The molecular formula is C18H23N5O6S. The average molecular weight is 437 g/mol. The van der Waals surface area contributed by atoms with Crippen molar-refractivity contribution < 1.29 is 23.2 Å². The summed E-state index contributed by atoms with van der Waals surface area (Å²) in [4.78, 5) is 19.2. The second kappa shape index (κ2) is 9.61. The highest BCUT2D eigenvalue weighted by atomic mass is 32.2. The summed E-state index contributed by atoms with van der Waals surface area (Å²) >= 11 is 0. The van der Waals surface area contributed by atoms with Crippen LogP contribution in [0, 0.1) is 10.1 Å². The van der Waals surface area contributed by atoms with Crippen molar-refractivity contribution in [2.24, 2.45) is 0 Å². The minimum atomic E-state index is -3.93. The maximum Gasteiger partial charge on any atom is 0.353 e. The number of benzene rings is 1. The largest absolute Gasteiger partial charge is 0.378 e. The Kier molecular flexibility index (Phi) is 7.43. The van der Waals surface area contributed by atoms with Gasteiger partial charge in [0.05, 0.1) is 4.92 Å². The number of rotatable bonds is 10. The Bertz CT molecular complexity index is 1040. The molecule has 162 valence electrons. The van der Waals surface area contributed by atoms with Crippen LogP contribution in [0.15, 0.2) is 42.1 Å². The van der Waals surface area contributed by atoms with E-state index in [-0.39, 0.29) is 13.2 Å². The van der Waals surface area contributed by atoms with Crippen LogP contribution in [-0.4, -0.2) is 47.7 Å². The quantitative estimate of drug-likeness (QED) is 0.183. The molecule has 1 atom stereocenters. The molecule has 0 bridgehead atoms. The second-order valence-corrected chi connectivity index (χ2v) is 8.22. The van der Waals surface area contributed by atoms with E-state index < -0.39 is 43.7 Å². The van der Waals surface area contributed by atoms with E-state index in [4.69, 9.17) is 10.5 Å². The number of nitrogens with zero attached hydrogens (tertiary/aromatic N) is 4. The molecule has 0 amide bonds. The number of nitro groups is 1. The molecule has 0 spiro atoms. The Labute approximate surface area is 173 Å². The molecule has 2 rings (SSSR count). The lowest BCUT2D eigenvalue weighted by molar-refractivity contribution is -0.383. The van der Waals surface area contributed by atoms with E-state index in [9.17, 15) is 23.6 Å². The highest BCUT2D eigenvalue weighted by Gasteiger charge is 2.33. The number of anilines is 2. The summed E-state index contributed by atoms with van der Waals surface area (Å²) < 4.78 is 29.1. The third-order valence-corrected chi connectivity index (χ3v) is 4.81. The fourth-order valence-electron chi connectivity index (χ4n) is 2.70. The zero-order valence-corrected chi connectivity index (χ0v) is 17.4. The average Bonchev–Trinajstić information content (AvgIpc) is 2.65. The smallest absolute Gasteiger partial charge is 0.353 e. The Hall–Kier alpha value is -3.09. The highest BCUT2D eigenvalue weighted by Crippen LogP contribution is 2.34. The van der Waals surface area contributed by atoms with E-state index in [1.807, 2.05) is 12.1 Å². The van der Waals surface area contributed by atoms with Crippen molar-refractivity contribution in [3.8, 4) is 0 Å². The molecule has 1 aromatic carbocycles. The third-order valence-electron chi connectivity index (χ3n) is 3.97. The SMILES string of the molecule is C=CCc1cccc(CN(c2nc(S(C)(=O)=O)nc(N)c2[N+](=O)[O-])C(O)OCC)c1. The van der Waals surface area contributed by atoms with E-state index >= 15 is 0 Å². The molecule has 3 N–H and O–H groups in total. The van der Waals surface area contributed by atoms with Gasteiger partial charge in [0, 0.05) is 19.4 Å². The number of aliphatic hydroxyl groups is 1. The zero-order valence-electron chi connectivity index (χ0n) is 16.6. The third kappa shape index (κ3) is 5.49. The van der Waals surface area contributed by atoms with Crippen LogP contribution in [-0.2, 0) is 27.5 Å². The molecule has 1 unspecified atom stereocenters. The lowest BCUT2D eigenvalue weighted by Gasteiger charge is -2.28. The summed E-state index contributed by atoms with van der Waals surface area (Å²) in [5, 5.41) is 21.4. The van der Waals surface area contributed by atoms with Crippen LogP contribution < -0.4 is 10.6 Å². The van der Waals surface area contributed by atoms with Crippen LogP contribution >= 0.6 is 0 Å². The lowest BCUT2D eigenvalue weighted by Crippen LogP contribution is -2.38. The first-order chi connectivity index (χ1) is 14.1. The summed E-state index contributed by atoms with van der Waals surface area (Å²) in [5.41, 5.74) is 6.54. The van der Waals surface area contributed by atoms with Gasteiger partial charge in [-0.2, -0.15) is 9.97 Å². The number of nitrogen functional groups attached to an aromatic ring is 1. The van der Waals surface area contributed by atoms with Gasteiger partial charge in [0.15, 0.2) is 0 Å². The minimum absolute atomic E-state index is 0.0767. The molecular weight excluding hydrogens is 414 g/mol. The Morgan fingerprint density at radius 2 is 2.07 bits per heavy atom. The van der Waals surface area contributed by atoms with Gasteiger partial charge >= 0.3 is 5.69 Å². The van der Waals surface area contributed by atoms with Crippen molar-refractivity contribution in [3.05, 3.63) is 58.2 Å². The van der Waals surface area contributed by atoms with Crippen molar-refractivity contribution in [2.75, 3.05) is 23.5 Å². The molecule has 11 nitrogen and oxygen atoms in total. The topological polar surface area (TPSA) is 162 Å². The summed E-state index contributed by atoms with van der Waals surface area (Å²) in [5.74, 6) is -1.11. The molecule has 0 saturated carbocycles.